The van der Waals surface area contributed by atoms with Gasteiger partial charge in [-0.1, -0.05) is 64.7 Å². The van der Waals surface area contributed by atoms with Gasteiger partial charge in [-0.05, 0) is 25.7 Å². The average molecular weight is 389 g/mol. The molecule has 0 heterocycles. The molecular weight excluding hydrogens is 348 g/mol. The molecule has 0 aromatic carbocycles. The van der Waals surface area contributed by atoms with Crippen molar-refractivity contribution in [2.75, 3.05) is 13.2 Å². The smallest absolute Gasteiger partial charge is 0.303 e. The fourth-order valence-corrected chi connectivity index (χ4v) is 2.89. The molecule has 0 aliphatic rings. The van der Waals surface area contributed by atoms with Gasteiger partial charge in [-0.15, -0.1) is 0 Å². The van der Waals surface area contributed by atoms with Crippen LogP contribution in [0.3, 0.4) is 0 Å². The van der Waals surface area contributed by atoms with Crippen LogP contribution in [-0.2, 0) is 19.1 Å². The maximum Gasteiger partial charge on any atom is 0.303 e. The quantitative estimate of drug-likeness (QED) is 0.202. The molecule has 0 aromatic rings. The lowest BCUT2D eigenvalue weighted by Crippen LogP contribution is -2.19. The highest BCUT2D eigenvalue weighted by atomic mass is 16.7. The fourth-order valence-electron chi connectivity index (χ4n) is 2.89. The third-order valence-corrected chi connectivity index (χ3v) is 4.47. The number of carbonyl (C=O) groups is 2. The summed E-state index contributed by atoms with van der Waals surface area (Å²) in [6, 6.07) is 0. The summed E-state index contributed by atoms with van der Waals surface area (Å²) in [5, 5.41) is 17.3. The standard InChI is InChI=1S/C21H40O6/c1-2-3-4-5-6-7-8-9-10-11-16-21(26-17-12-14-19(22)23)27-18-13-15-20(24)25/h21H,2-18H2,1H3,(H,22,23)(H,24,25). The van der Waals surface area contributed by atoms with Crippen LogP contribution < -0.4 is 0 Å². The van der Waals surface area contributed by atoms with Crippen LogP contribution in [0.2, 0.25) is 0 Å². The highest BCUT2D eigenvalue weighted by molar-refractivity contribution is 5.66. The largest absolute Gasteiger partial charge is 0.481 e. The van der Waals surface area contributed by atoms with Crippen LogP contribution in [0.25, 0.3) is 0 Å². The second-order valence-electron chi connectivity index (χ2n) is 7.14. The van der Waals surface area contributed by atoms with Crippen LogP contribution in [0.1, 0.15) is 103 Å². The summed E-state index contributed by atoms with van der Waals surface area (Å²) in [7, 11) is 0. The van der Waals surface area contributed by atoms with Crippen LogP contribution in [0.4, 0.5) is 0 Å². The zero-order valence-electron chi connectivity index (χ0n) is 17.1. The summed E-state index contributed by atoms with van der Waals surface area (Å²) in [5.41, 5.74) is 0. The van der Waals surface area contributed by atoms with Gasteiger partial charge in [0.15, 0.2) is 6.29 Å². The van der Waals surface area contributed by atoms with Gasteiger partial charge in [0.1, 0.15) is 0 Å². The molecule has 2 N–H and O–H groups in total. The maximum absolute atomic E-state index is 10.5. The minimum absolute atomic E-state index is 0.0873. The van der Waals surface area contributed by atoms with Crippen LogP contribution in [0.5, 0.6) is 0 Å². The molecule has 6 heteroatoms. The minimum atomic E-state index is -0.827. The third kappa shape index (κ3) is 21.0. The number of hydrogen-bond donors (Lipinski definition) is 2. The number of carboxylic acid groups (broad SMARTS) is 2. The Labute approximate surface area is 164 Å². The summed E-state index contributed by atoms with van der Waals surface area (Å²) in [5.74, 6) is -1.65. The third-order valence-electron chi connectivity index (χ3n) is 4.47. The summed E-state index contributed by atoms with van der Waals surface area (Å²) >= 11 is 0. The summed E-state index contributed by atoms with van der Waals surface area (Å²) in [4.78, 5) is 21.1. The molecule has 0 atom stereocenters. The van der Waals surface area contributed by atoms with Gasteiger partial charge < -0.3 is 19.7 Å². The SMILES string of the molecule is CCCCCCCCCCCCC(OCCCC(=O)O)OCCCC(=O)O. The van der Waals surface area contributed by atoms with E-state index in [1.54, 1.807) is 0 Å². The molecule has 0 radical (unpaired) electrons. The monoisotopic (exact) mass is 388 g/mol. The van der Waals surface area contributed by atoms with Crippen LogP contribution in [-0.4, -0.2) is 41.7 Å². The topological polar surface area (TPSA) is 93.1 Å². The minimum Gasteiger partial charge on any atom is -0.481 e. The van der Waals surface area contributed by atoms with Crippen LogP contribution in [0.15, 0.2) is 0 Å². The van der Waals surface area contributed by atoms with E-state index in [-0.39, 0.29) is 19.1 Å². The van der Waals surface area contributed by atoms with Crippen molar-refractivity contribution in [3.63, 3.8) is 0 Å². The number of carboxylic acids is 2. The van der Waals surface area contributed by atoms with E-state index >= 15 is 0 Å². The molecule has 0 aliphatic heterocycles. The summed E-state index contributed by atoms with van der Waals surface area (Å²) < 4.78 is 11.3. The van der Waals surface area contributed by atoms with Gasteiger partial charge in [-0.25, -0.2) is 0 Å². The molecular formula is C21H40O6. The average Bonchev–Trinajstić information content (AvgIpc) is 2.62. The first kappa shape index (κ1) is 25.9. The van der Waals surface area contributed by atoms with E-state index in [1.165, 1.54) is 51.4 Å². The van der Waals surface area contributed by atoms with Crippen LogP contribution >= 0.6 is 0 Å². The Morgan fingerprint density at radius 1 is 0.667 bits per heavy atom. The Morgan fingerprint density at radius 2 is 1.07 bits per heavy atom. The number of rotatable bonds is 21. The molecule has 0 bridgehead atoms. The zero-order chi connectivity index (χ0) is 20.2. The Balaban J connectivity index is 3.77. The van der Waals surface area contributed by atoms with Gasteiger partial charge in [-0.2, -0.15) is 0 Å². The maximum atomic E-state index is 10.5. The van der Waals surface area contributed by atoms with Crippen molar-refractivity contribution in [3.05, 3.63) is 0 Å². The first-order chi connectivity index (χ1) is 13.1. The predicted molar refractivity (Wildman–Crippen MR) is 106 cm³/mol. The van der Waals surface area contributed by atoms with E-state index in [4.69, 9.17) is 19.7 Å². The van der Waals surface area contributed by atoms with E-state index < -0.39 is 11.9 Å². The Kier molecular flexibility index (Phi) is 18.8. The molecule has 0 aliphatic carbocycles. The van der Waals surface area contributed by atoms with Gasteiger partial charge in [0.25, 0.3) is 0 Å². The van der Waals surface area contributed by atoms with Crippen molar-refractivity contribution < 1.29 is 29.3 Å². The van der Waals surface area contributed by atoms with E-state index in [0.29, 0.717) is 26.1 Å². The van der Waals surface area contributed by atoms with Crippen molar-refractivity contribution >= 4 is 11.9 Å². The molecule has 0 saturated heterocycles. The van der Waals surface area contributed by atoms with Crippen molar-refractivity contribution in [2.24, 2.45) is 0 Å². The Morgan fingerprint density at radius 3 is 1.48 bits per heavy atom. The summed E-state index contributed by atoms with van der Waals surface area (Å²) in [6.45, 7) is 2.94. The number of hydrogen-bond acceptors (Lipinski definition) is 4. The normalized spacial score (nSPS) is 11.2. The van der Waals surface area contributed by atoms with Gasteiger partial charge in [0.05, 0.1) is 13.2 Å². The predicted octanol–water partition coefficient (Wildman–Crippen LogP) is 5.39. The second-order valence-corrected chi connectivity index (χ2v) is 7.14. The van der Waals surface area contributed by atoms with E-state index in [2.05, 4.69) is 6.92 Å². The highest BCUT2D eigenvalue weighted by Gasteiger charge is 2.10. The van der Waals surface area contributed by atoms with Crippen LogP contribution in [0, 0.1) is 0 Å². The van der Waals surface area contributed by atoms with Crippen molar-refractivity contribution in [1.29, 1.82) is 0 Å². The van der Waals surface area contributed by atoms with Gasteiger partial charge in [-0.3, -0.25) is 9.59 Å². The van der Waals surface area contributed by atoms with Gasteiger partial charge in [0.2, 0.25) is 0 Å². The van der Waals surface area contributed by atoms with Gasteiger partial charge >= 0.3 is 11.9 Å². The molecule has 0 rings (SSSR count). The first-order valence-corrected chi connectivity index (χ1v) is 10.7. The van der Waals surface area contributed by atoms with Crippen molar-refractivity contribution in [1.82, 2.24) is 0 Å². The van der Waals surface area contributed by atoms with E-state index in [9.17, 15) is 9.59 Å². The molecule has 0 amide bonds. The van der Waals surface area contributed by atoms with Crippen molar-refractivity contribution in [2.45, 2.75) is 110 Å². The molecule has 0 unspecified atom stereocenters. The lowest BCUT2D eigenvalue weighted by molar-refractivity contribution is -0.153. The van der Waals surface area contributed by atoms with Crippen molar-refractivity contribution in [3.8, 4) is 0 Å². The molecule has 6 nitrogen and oxygen atoms in total. The molecule has 27 heavy (non-hydrogen) atoms. The van der Waals surface area contributed by atoms with E-state index in [0.717, 1.165) is 19.3 Å². The Hall–Kier alpha value is -1.14. The lowest BCUT2D eigenvalue weighted by Gasteiger charge is -2.18. The highest BCUT2D eigenvalue weighted by Crippen LogP contribution is 2.14. The number of aliphatic carboxylic acids is 2. The fraction of sp³-hybridized carbons (Fsp3) is 0.905. The molecule has 0 spiro atoms. The second kappa shape index (κ2) is 19.6. The Bertz CT molecular complexity index is 337. The molecule has 0 aromatic heterocycles. The number of unbranched alkanes of at least 4 members (excludes halogenated alkanes) is 9. The first-order valence-electron chi connectivity index (χ1n) is 10.7. The number of ether oxygens (including phenoxy) is 2. The van der Waals surface area contributed by atoms with Gasteiger partial charge in [0, 0.05) is 12.8 Å². The zero-order valence-corrected chi connectivity index (χ0v) is 17.1. The summed E-state index contributed by atoms with van der Waals surface area (Å²) in [6.07, 6.45) is 14.2. The van der Waals surface area contributed by atoms with E-state index in [1.807, 2.05) is 0 Å². The molecule has 160 valence electrons. The lowest BCUT2D eigenvalue weighted by atomic mass is 10.1. The molecule has 0 fully saturated rings. The molecule has 0 saturated carbocycles.